The molecule has 0 unspecified atom stereocenters. The van der Waals surface area contributed by atoms with Crippen LogP contribution in [0, 0.1) is 0 Å². The molecular formula is C40H73NO12. The number of carbonyl (C=O) groups is 1. The number of alkyl carbamates (subject to hydrolysis) is 1. The van der Waals surface area contributed by atoms with Gasteiger partial charge >= 0.3 is 6.09 Å². The highest BCUT2D eigenvalue weighted by molar-refractivity contribution is 5.67. The fraction of sp³-hybridized carbons (Fsp3) is 0.825. The molecule has 1 aromatic rings. The second-order valence-corrected chi connectivity index (χ2v) is 12.3. The molecule has 1 aromatic carbocycles. The number of hydrogen-bond acceptors (Lipinski definition) is 12. The molecule has 310 valence electrons. The van der Waals surface area contributed by atoms with Crippen LogP contribution in [-0.4, -0.2) is 145 Å². The Bertz CT molecular complexity index is 854. The summed E-state index contributed by atoms with van der Waals surface area (Å²) < 4.78 is 60.3. The maximum Gasteiger partial charge on any atom is 0.407 e. The van der Waals surface area contributed by atoms with E-state index in [1.54, 1.807) is 0 Å². The zero-order valence-electron chi connectivity index (χ0n) is 32.9. The van der Waals surface area contributed by atoms with E-state index in [2.05, 4.69) is 12.2 Å². The van der Waals surface area contributed by atoms with E-state index in [4.69, 9.17) is 52.1 Å². The summed E-state index contributed by atoms with van der Waals surface area (Å²) in [4.78, 5) is 11.7. The van der Waals surface area contributed by atoms with E-state index in [0.717, 1.165) is 18.6 Å². The van der Waals surface area contributed by atoms with Gasteiger partial charge in [-0.25, -0.2) is 4.79 Å². The van der Waals surface area contributed by atoms with Crippen molar-refractivity contribution < 1.29 is 56.9 Å². The third kappa shape index (κ3) is 39.6. The molecule has 0 atom stereocenters. The van der Waals surface area contributed by atoms with E-state index in [-0.39, 0.29) is 6.61 Å². The van der Waals surface area contributed by atoms with Crippen LogP contribution >= 0.6 is 0 Å². The molecule has 0 fully saturated rings. The SMILES string of the molecule is CCCCCCCCCCCCOCCOCCOCCOCCOCCOCCOCCOCCOCCOCCNC(=O)OCc1ccccc1. The molecule has 0 aliphatic rings. The van der Waals surface area contributed by atoms with Crippen LogP contribution in [0.2, 0.25) is 0 Å². The van der Waals surface area contributed by atoms with Crippen LogP contribution in [0.5, 0.6) is 0 Å². The highest BCUT2D eigenvalue weighted by Crippen LogP contribution is 2.10. The first-order valence-electron chi connectivity index (χ1n) is 20.0. The van der Waals surface area contributed by atoms with E-state index in [0.29, 0.717) is 132 Å². The summed E-state index contributed by atoms with van der Waals surface area (Å²) in [5.74, 6) is 0. The summed E-state index contributed by atoms with van der Waals surface area (Å²) in [5.41, 5.74) is 0.940. The van der Waals surface area contributed by atoms with Gasteiger partial charge in [0.05, 0.1) is 126 Å². The molecule has 0 saturated carbocycles. The van der Waals surface area contributed by atoms with Gasteiger partial charge < -0.3 is 57.4 Å². The van der Waals surface area contributed by atoms with Crippen LogP contribution in [0.4, 0.5) is 4.79 Å². The number of nitrogens with one attached hydrogen (secondary N) is 1. The van der Waals surface area contributed by atoms with Gasteiger partial charge in [0.2, 0.25) is 0 Å². The molecule has 0 aromatic heterocycles. The van der Waals surface area contributed by atoms with Gasteiger partial charge in [0.1, 0.15) is 6.61 Å². The maximum atomic E-state index is 11.7. The summed E-state index contributed by atoms with van der Waals surface area (Å²) in [7, 11) is 0. The van der Waals surface area contributed by atoms with E-state index >= 15 is 0 Å². The predicted octanol–water partition coefficient (Wildman–Crippen LogP) is 6.00. The van der Waals surface area contributed by atoms with Gasteiger partial charge in [0.15, 0.2) is 0 Å². The first-order valence-corrected chi connectivity index (χ1v) is 20.0. The van der Waals surface area contributed by atoms with Gasteiger partial charge in [-0.15, -0.1) is 0 Å². The minimum absolute atomic E-state index is 0.240. The van der Waals surface area contributed by atoms with E-state index in [1.165, 1.54) is 57.8 Å². The van der Waals surface area contributed by atoms with E-state index in [9.17, 15) is 4.79 Å². The lowest BCUT2D eigenvalue weighted by Gasteiger charge is -2.09. The smallest absolute Gasteiger partial charge is 0.407 e. The lowest BCUT2D eigenvalue weighted by molar-refractivity contribution is -0.0264. The molecule has 0 saturated heterocycles. The van der Waals surface area contributed by atoms with Crippen molar-refractivity contribution in [2.24, 2.45) is 0 Å². The number of ether oxygens (including phenoxy) is 11. The number of rotatable bonds is 43. The monoisotopic (exact) mass is 760 g/mol. The molecule has 1 amide bonds. The predicted molar refractivity (Wildman–Crippen MR) is 205 cm³/mol. The van der Waals surface area contributed by atoms with Crippen molar-refractivity contribution in [3.05, 3.63) is 35.9 Å². The van der Waals surface area contributed by atoms with Crippen LogP contribution < -0.4 is 5.32 Å². The van der Waals surface area contributed by atoms with Crippen molar-refractivity contribution in [1.29, 1.82) is 0 Å². The normalized spacial score (nSPS) is 11.3. The second-order valence-electron chi connectivity index (χ2n) is 12.3. The number of carbonyl (C=O) groups excluding carboxylic acids is 1. The van der Waals surface area contributed by atoms with Gasteiger partial charge in [0, 0.05) is 13.2 Å². The molecular weight excluding hydrogens is 686 g/mol. The van der Waals surface area contributed by atoms with E-state index < -0.39 is 6.09 Å². The zero-order chi connectivity index (χ0) is 37.8. The van der Waals surface area contributed by atoms with Gasteiger partial charge in [-0.3, -0.25) is 0 Å². The molecule has 1 N–H and O–H groups in total. The lowest BCUT2D eigenvalue weighted by Crippen LogP contribution is -2.28. The molecule has 53 heavy (non-hydrogen) atoms. The van der Waals surface area contributed by atoms with Crippen molar-refractivity contribution in [2.45, 2.75) is 77.7 Å². The summed E-state index contributed by atoms with van der Waals surface area (Å²) in [5, 5.41) is 2.65. The molecule has 0 spiro atoms. The van der Waals surface area contributed by atoms with Crippen LogP contribution in [0.3, 0.4) is 0 Å². The third-order valence-corrected chi connectivity index (χ3v) is 7.72. The number of hydrogen-bond donors (Lipinski definition) is 1. The molecule has 0 heterocycles. The van der Waals surface area contributed by atoms with Crippen LogP contribution in [0.15, 0.2) is 30.3 Å². The highest BCUT2D eigenvalue weighted by Gasteiger charge is 2.02. The Hall–Kier alpha value is -1.91. The molecule has 1 rings (SSSR count). The molecule has 13 nitrogen and oxygen atoms in total. The minimum atomic E-state index is -0.466. The summed E-state index contributed by atoms with van der Waals surface area (Å²) >= 11 is 0. The summed E-state index contributed by atoms with van der Waals surface area (Å²) in [6.07, 6.45) is 12.9. The Morgan fingerprint density at radius 3 is 1.11 bits per heavy atom. The Kier molecular flexibility index (Phi) is 39.7. The molecule has 0 aliphatic carbocycles. The van der Waals surface area contributed by atoms with Crippen molar-refractivity contribution in [2.75, 3.05) is 139 Å². The minimum Gasteiger partial charge on any atom is -0.445 e. The standard InChI is InChI=1S/C40H73NO12/c1-2-3-4-5-6-7-8-9-10-14-18-43-20-22-45-24-26-47-28-30-49-32-34-51-36-37-52-35-33-50-31-29-48-27-25-46-23-21-44-19-17-41-40(42)53-38-39-15-12-11-13-16-39/h11-13,15-16H,2-10,14,17-38H2,1H3,(H,41,42). The number of amides is 1. The molecule has 0 radical (unpaired) electrons. The Morgan fingerprint density at radius 1 is 0.415 bits per heavy atom. The maximum absolute atomic E-state index is 11.7. The average molecular weight is 760 g/mol. The Morgan fingerprint density at radius 2 is 0.736 bits per heavy atom. The van der Waals surface area contributed by atoms with Crippen molar-refractivity contribution in [3.8, 4) is 0 Å². The largest absolute Gasteiger partial charge is 0.445 e. The van der Waals surface area contributed by atoms with Crippen molar-refractivity contribution in [3.63, 3.8) is 0 Å². The number of unbranched alkanes of at least 4 members (excludes halogenated alkanes) is 9. The van der Waals surface area contributed by atoms with Crippen molar-refractivity contribution in [1.82, 2.24) is 5.32 Å². The second kappa shape index (κ2) is 42.8. The topological polar surface area (TPSA) is 131 Å². The summed E-state index contributed by atoms with van der Waals surface area (Å²) in [6, 6.07) is 9.52. The van der Waals surface area contributed by atoms with Crippen LogP contribution in [0.25, 0.3) is 0 Å². The lowest BCUT2D eigenvalue weighted by atomic mass is 10.1. The van der Waals surface area contributed by atoms with Crippen molar-refractivity contribution >= 4 is 6.09 Å². The molecule has 0 aliphatic heterocycles. The average Bonchev–Trinajstić information content (AvgIpc) is 3.18. The molecule has 13 heteroatoms. The van der Waals surface area contributed by atoms with Gasteiger partial charge in [-0.2, -0.15) is 0 Å². The van der Waals surface area contributed by atoms with Gasteiger partial charge in [-0.1, -0.05) is 95.0 Å². The van der Waals surface area contributed by atoms with Crippen LogP contribution in [0.1, 0.15) is 76.7 Å². The fourth-order valence-electron chi connectivity index (χ4n) is 4.77. The van der Waals surface area contributed by atoms with Crippen LogP contribution in [-0.2, 0) is 58.7 Å². The quantitative estimate of drug-likeness (QED) is 0.0785. The first kappa shape index (κ1) is 49.1. The first-order chi connectivity index (χ1) is 26.3. The van der Waals surface area contributed by atoms with Gasteiger partial charge in [-0.05, 0) is 12.0 Å². The Balaban J connectivity index is 1.62. The van der Waals surface area contributed by atoms with Gasteiger partial charge in [0.25, 0.3) is 0 Å². The number of benzene rings is 1. The highest BCUT2D eigenvalue weighted by atomic mass is 16.6. The summed E-state index contributed by atoms with van der Waals surface area (Å²) in [6.45, 7) is 13.4. The Labute approximate surface area is 320 Å². The zero-order valence-corrected chi connectivity index (χ0v) is 32.9. The fourth-order valence-corrected chi connectivity index (χ4v) is 4.77. The molecule has 0 bridgehead atoms. The third-order valence-electron chi connectivity index (χ3n) is 7.72. The van der Waals surface area contributed by atoms with E-state index in [1.807, 2.05) is 30.3 Å².